The standard InChI is InChI=1S/C21H28N4O3S/c1-24(2)18(19-4-3-11-28-19)15-22-21(27)23-17-7-5-16(6-8-17)14-20(26)25-9-12-29-13-10-25/h3-8,11,18H,9-10,12-15H2,1-2H3,(H2,22,23,27). The van der Waals surface area contributed by atoms with Crippen LogP contribution in [0.4, 0.5) is 10.5 Å². The van der Waals surface area contributed by atoms with Gasteiger partial charge in [0.25, 0.3) is 0 Å². The van der Waals surface area contributed by atoms with Crippen LogP contribution in [0, 0.1) is 0 Å². The molecule has 1 aromatic carbocycles. The van der Waals surface area contributed by atoms with Gasteiger partial charge in [-0.15, -0.1) is 0 Å². The number of amides is 3. The number of furan rings is 1. The van der Waals surface area contributed by atoms with Gasteiger partial charge in [0.1, 0.15) is 5.76 Å². The van der Waals surface area contributed by atoms with Crippen LogP contribution in [0.15, 0.2) is 47.1 Å². The molecule has 0 aliphatic carbocycles. The Kier molecular flexibility index (Phi) is 7.60. The smallest absolute Gasteiger partial charge is 0.319 e. The van der Waals surface area contributed by atoms with Gasteiger partial charge < -0.3 is 20.0 Å². The highest BCUT2D eigenvalue weighted by atomic mass is 32.2. The van der Waals surface area contributed by atoms with E-state index >= 15 is 0 Å². The Hall–Kier alpha value is -2.45. The molecule has 1 unspecified atom stereocenters. The number of urea groups is 1. The number of rotatable bonds is 7. The Morgan fingerprint density at radius 1 is 1.17 bits per heavy atom. The van der Waals surface area contributed by atoms with Gasteiger partial charge in [0, 0.05) is 36.8 Å². The molecule has 7 nitrogen and oxygen atoms in total. The van der Waals surface area contributed by atoms with Crippen molar-refractivity contribution >= 4 is 29.4 Å². The number of nitrogens with one attached hydrogen (secondary N) is 2. The van der Waals surface area contributed by atoms with Gasteiger partial charge in [0.15, 0.2) is 0 Å². The van der Waals surface area contributed by atoms with E-state index in [0.29, 0.717) is 18.7 Å². The lowest BCUT2D eigenvalue weighted by Crippen LogP contribution is -2.38. The van der Waals surface area contributed by atoms with Crippen molar-refractivity contribution in [2.45, 2.75) is 12.5 Å². The molecule has 0 radical (unpaired) electrons. The van der Waals surface area contributed by atoms with Crippen molar-refractivity contribution in [2.75, 3.05) is 50.6 Å². The van der Waals surface area contributed by atoms with E-state index in [1.807, 2.05) is 72.1 Å². The highest BCUT2D eigenvalue weighted by molar-refractivity contribution is 7.99. The Morgan fingerprint density at radius 2 is 1.90 bits per heavy atom. The third kappa shape index (κ3) is 6.27. The molecule has 2 aromatic rings. The van der Waals surface area contributed by atoms with Crippen molar-refractivity contribution in [3.63, 3.8) is 0 Å². The van der Waals surface area contributed by atoms with Crippen LogP contribution in [0.25, 0.3) is 0 Å². The van der Waals surface area contributed by atoms with Gasteiger partial charge in [0.05, 0.1) is 18.7 Å². The maximum Gasteiger partial charge on any atom is 0.319 e. The lowest BCUT2D eigenvalue weighted by molar-refractivity contribution is -0.130. The minimum Gasteiger partial charge on any atom is -0.468 e. The van der Waals surface area contributed by atoms with Gasteiger partial charge in [-0.1, -0.05) is 12.1 Å². The number of carbonyl (C=O) groups is 2. The fourth-order valence-corrected chi connectivity index (χ4v) is 4.09. The number of nitrogens with zero attached hydrogens (tertiary/aromatic N) is 2. The number of thioether (sulfide) groups is 1. The van der Waals surface area contributed by atoms with E-state index in [9.17, 15) is 9.59 Å². The normalized spacial score (nSPS) is 15.2. The third-order valence-electron chi connectivity index (χ3n) is 4.88. The summed E-state index contributed by atoms with van der Waals surface area (Å²) in [5.74, 6) is 2.99. The molecule has 1 aliphatic rings. The second kappa shape index (κ2) is 10.4. The number of likely N-dealkylation sites (N-methyl/N-ethyl adjacent to an activating group) is 1. The van der Waals surface area contributed by atoms with Crippen LogP contribution in [0.2, 0.25) is 0 Å². The van der Waals surface area contributed by atoms with Gasteiger partial charge in [-0.25, -0.2) is 4.79 Å². The zero-order valence-corrected chi connectivity index (χ0v) is 17.7. The molecule has 0 bridgehead atoms. The fourth-order valence-electron chi connectivity index (χ4n) is 3.19. The molecule has 3 rings (SSSR count). The highest BCUT2D eigenvalue weighted by Crippen LogP contribution is 2.18. The van der Waals surface area contributed by atoms with Crippen LogP contribution < -0.4 is 10.6 Å². The van der Waals surface area contributed by atoms with Crippen LogP contribution in [-0.2, 0) is 11.2 Å². The Morgan fingerprint density at radius 3 is 2.52 bits per heavy atom. The lowest BCUT2D eigenvalue weighted by atomic mass is 10.1. The maximum absolute atomic E-state index is 12.4. The lowest BCUT2D eigenvalue weighted by Gasteiger charge is -2.26. The first kappa shape index (κ1) is 21.3. The van der Waals surface area contributed by atoms with Gasteiger partial charge in [-0.2, -0.15) is 11.8 Å². The van der Waals surface area contributed by atoms with Crippen molar-refractivity contribution in [3.05, 3.63) is 54.0 Å². The van der Waals surface area contributed by atoms with Crippen LogP contribution in [0.1, 0.15) is 17.4 Å². The topological polar surface area (TPSA) is 77.8 Å². The van der Waals surface area contributed by atoms with Gasteiger partial charge in [-0.3, -0.25) is 9.69 Å². The van der Waals surface area contributed by atoms with Crippen molar-refractivity contribution in [1.82, 2.24) is 15.1 Å². The van der Waals surface area contributed by atoms with Crippen molar-refractivity contribution < 1.29 is 14.0 Å². The molecule has 0 saturated carbocycles. The number of carbonyl (C=O) groups excluding carboxylic acids is 2. The van der Waals surface area contributed by atoms with Gasteiger partial charge >= 0.3 is 6.03 Å². The van der Waals surface area contributed by atoms with E-state index < -0.39 is 0 Å². The predicted molar refractivity (Wildman–Crippen MR) is 116 cm³/mol. The maximum atomic E-state index is 12.4. The summed E-state index contributed by atoms with van der Waals surface area (Å²) in [6.07, 6.45) is 2.02. The first-order valence-corrected chi connectivity index (χ1v) is 10.9. The first-order valence-electron chi connectivity index (χ1n) is 9.72. The van der Waals surface area contributed by atoms with Crippen LogP contribution >= 0.6 is 11.8 Å². The van der Waals surface area contributed by atoms with Crippen LogP contribution in [-0.4, -0.2) is 67.0 Å². The molecule has 1 saturated heterocycles. The molecule has 8 heteroatoms. The van der Waals surface area contributed by atoms with Gasteiger partial charge in [-0.05, 0) is 43.9 Å². The quantitative estimate of drug-likeness (QED) is 0.726. The van der Waals surface area contributed by atoms with Crippen LogP contribution in [0.3, 0.4) is 0 Å². The molecule has 1 aliphatic heterocycles. The van der Waals surface area contributed by atoms with Crippen LogP contribution in [0.5, 0.6) is 0 Å². The SMILES string of the molecule is CN(C)C(CNC(=O)Nc1ccc(CC(=O)N2CCSCC2)cc1)c1ccco1. The summed E-state index contributed by atoms with van der Waals surface area (Å²) >= 11 is 1.89. The molecular formula is C21H28N4O3S. The monoisotopic (exact) mass is 416 g/mol. The molecule has 1 aromatic heterocycles. The molecule has 0 spiro atoms. The first-order chi connectivity index (χ1) is 14.0. The van der Waals surface area contributed by atoms with E-state index in [0.717, 1.165) is 35.9 Å². The molecular weight excluding hydrogens is 388 g/mol. The molecule has 1 fully saturated rings. The third-order valence-corrected chi connectivity index (χ3v) is 5.82. The molecule has 29 heavy (non-hydrogen) atoms. The van der Waals surface area contributed by atoms with E-state index in [4.69, 9.17) is 4.42 Å². The van der Waals surface area contributed by atoms with E-state index in [-0.39, 0.29) is 18.0 Å². The van der Waals surface area contributed by atoms with Crippen molar-refractivity contribution in [1.29, 1.82) is 0 Å². The Balaban J connectivity index is 1.47. The minimum absolute atomic E-state index is 0.0441. The Labute approximate surface area is 175 Å². The highest BCUT2D eigenvalue weighted by Gasteiger charge is 2.18. The second-order valence-corrected chi connectivity index (χ2v) is 8.42. The van der Waals surface area contributed by atoms with E-state index in [1.165, 1.54) is 0 Å². The Bertz CT molecular complexity index is 787. The summed E-state index contributed by atoms with van der Waals surface area (Å²) in [7, 11) is 3.88. The summed E-state index contributed by atoms with van der Waals surface area (Å²) in [4.78, 5) is 28.5. The number of hydrogen-bond donors (Lipinski definition) is 2. The zero-order chi connectivity index (χ0) is 20.6. The molecule has 156 valence electrons. The minimum atomic E-state index is -0.280. The largest absolute Gasteiger partial charge is 0.468 e. The van der Waals surface area contributed by atoms with Gasteiger partial charge in [0.2, 0.25) is 5.91 Å². The molecule has 2 heterocycles. The average molecular weight is 417 g/mol. The summed E-state index contributed by atoms with van der Waals surface area (Å²) in [6, 6.07) is 10.8. The number of hydrogen-bond acceptors (Lipinski definition) is 5. The molecule has 1 atom stereocenters. The molecule has 3 amide bonds. The summed E-state index contributed by atoms with van der Waals surface area (Å²) in [6.45, 7) is 2.08. The van der Waals surface area contributed by atoms with E-state index in [2.05, 4.69) is 10.6 Å². The molecule has 2 N–H and O–H groups in total. The number of benzene rings is 1. The predicted octanol–water partition coefficient (Wildman–Crippen LogP) is 2.82. The van der Waals surface area contributed by atoms with Crippen molar-refractivity contribution in [2.24, 2.45) is 0 Å². The fraction of sp³-hybridized carbons (Fsp3) is 0.429. The summed E-state index contributed by atoms with van der Waals surface area (Å²) < 4.78 is 5.45. The number of anilines is 1. The average Bonchev–Trinajstić information content (AvgIpc) is 3.24. The van der Waals surface area contributed by atoms with E-state index in [1.54, 1.807) is 6.26 Å². The summed E-state index contributed by atoms with van der Waals surface area (Å²) in [5, 5.41) is 5.70. The van der Waals surface area contributed by atoms with Crippen molar-refractivity contribution in [3.8, 4) is 0 Å². The summed E-state index contributed by atoms with van der Waals surface area (Å²) in [5.41, 5.74) is 1.64. The zero-order valence-electron chi connectivity index (χ0n) is 16.9. The second-order valence-electron chi connectivity index (χ2n) is 7.20.